The zero-order valence-corrected chi connectivity index (χ0v) is 25.9. The number of ether oxygens (including phenoxy) is 1. The van der Waals surface area contributed by atoms with Gasteiger partial charge in [-0.2, -0.15) is 0 Å². The van der Waals surface area contributed by atoms with Crippen molar-refractivity contribution in [2.24, 2.45) is 47.3 Å². The van der Waals surface area contributed by atoms with Crippen LogP contribution in [0, 0.1) is 47.3 Å². The summed E-state index contributed by atoms with van der Waals surface area (Å²) in [4.78, 5) is 0. The lowest BCUT2D eigenvalue weighted by Crippen LogP contribution is -2.69. The molecule has 0 bridgehead atoms. The van der Waals surface area contributed by atoms with Gasteiger partial charge < -0.3 is 15.2 Å². The van der Waals surface area contributed by atoms with Crippen LogP contribution in [0.25, 0.3) is 0 Å². The van der Waals surface area contributed by atoms with Gasteiger partial charge in [0.15, 0.2) is 0 Å². The molecule has 2 fully saturated rings. The van der Waals surface area contributed by atoms with E-state index in [2.05, 4.69) is 91.9 Å². The fourth-order valence-corrected chi connectivity index (χ4v) is 8.44. The summed E-state index contributed by atoms with van der Waals surface area (Å²) in [5.41, 5.74) is 0.423. The highest BCUT2D eigenvalue weighted by Crippen LogP contribution is 2.59. The summed E-state index contributed by atoms with van der Waals surface area (Å²) in [7, 11) is 0. The largest absolute Gasteiger partial charge is 0.484 e. The molecule has 1 aromatic carbocycles. The van der Waals surface area contributed by atoms with Crippen LogP contribution in [-0.4, -0.2) is 22.4 Å². The summed E-state index contributed by atoms with van der Waals surface area (Å²) in [6, 6.07) is 8.41. The van der Waals surface area contributed by atoms with E-state index in [0.717, 1.165) is 24.2 Å². The highest BCUT2D eigenvalue weighted by molar-refractivity contribution is 5.85. The van der Waals surface area contributed by atoms with Gasteiger partial charge in [0.25, 0.3) is 0 Å². The van der Waals surface area contributed by atoms with Crippen LogP contribution in [0.1, 0.15) is 112 Å². The van der Waals surface area contributed by atoms with E-state index in [9.17, 15) is 5.11 Å². The van der Waals surface area contributed by atoms with Gasteiger partial charge >= 0.3 is 0 Å². The zero-order chi connectivity index (χ0) is 26.4. The zero-order valence-electron chi connectivity index (χ0n) is 25.1. The van der Waals surface area contributed by atoms with Gasteiger partial charge in [0.1, 0.15) is 17.5 Å². The van der Waals surface area contributed by atoms with Crippen LogP contribution in [-0.2, 0) is 0 Å². The second kappa shape index (κ2) is 11.8. The molecule has 0 saturated heterocycles. The van der Waals surface area contributed by atoms with Crippen molar-refractivity contribution in [3.05, 3.63) is 29.8 Å². The summed E-state index contributed by atoms with van der Waals surface area (Å²) in [5.74, 6) is 5.34. The molecule has 2 aliphatic carbocycles. The maximum atomic E-state index is 12.8. The molecule has 3 aliphatic rings. The minimum Gasteiger partial charge on any atom is -0.484 e. The van der Waals surface area contributed by atoms with Crippen LogP contribution in [0.3, 0.4) is 0 Å². The van der Waals surface area contributed by atoms with Gasteiger partial charge in [-0.25, -0.2) is 0 Å². The first-order valence-corrected chi connectivity index (χ1v) is 15.1. The Hall–Kier alpha value is -0.770. The molecular weight excluding hydrogens is 478 g/mol. The molecule has 2 N–H and O–H groups in total. The van der Waals surface area contributed by atoms with E-state index in [-0.39, 0.29) is 24.0 Å². The molecule has 0 spiro atoms. The van der Waals surface area contributed by atoms with E-state index in [1.807, 2.05) is 0 Å². The third-order valence-electron chi connectivity index (χ3n) is 10.1. The van der Waals surface area contributed by atoms with Gasteiger partial charge in [0.2, 0.25) is 0 Å². The Bertz CT molecular complexity index is 845. The number of aliphatic hydroxyl groups excluding tert-OH is 1. The SMILES string of the molecule is CC1CCC(C(C)C)C(C2(C3CC(C)CCC3C(C)C)Oc3ccccc3[C@H](NC(C)(C)C)[C@H]2O)C1.Cl. The molecule has 4 heteroatoms. The average molecular weight is 534 g/mol. The van der Waals surface area contributed by atoms with Crippen LogP contribution in [0.2, 0.25) is 0 Å². The van der Waals surface area contributed by atoms with Crippen molar-refractivity contribution in [1.29, 1.82) is 0 Å². The predicted octanol–water partition coefficient (Wildman–Crippen LogP) is 8.45. The van der Waals surface area contributed by atoms with Crippen molar-refractivity contribution in [2.45, 2.75) is 124 Å². The predicted molar refractivity (Wildman–Crippen MR) is 158 cm³/mol. The van der Waals surface area contributed by atoms with Gasteiger partial charge in [0.05, 0.1) is 6.04 Å². The summed E-state index contributed by atoms with van der Waals surface area (Å²) in [6.07, 6.45) is 6.80. The molecule has 0 aromatic heterocycles. The molecule has 3 nitrogen and oxygen atoms in total. The van der Waals surface area contributed by atoms with E-state index in [1.54, 1.807) is 0 Å². The fraction of sp³-hybridized carbons (Fsp3) is 0.818. The molecule has 212 valence electrons. The Balaban J connectivity index is 0.00000380. The maximum Gasteiger partial charge on any atom is 0.143 e. The minimum absolute atomic E-state index is 0. The standard InChI is InChI=1S/C33H55NO2.ClH/c1-20(2)24-16-14-22(5)18-27(24)33(28-19-23(6)15-17-25(28)21(3)4)31(35)30(34-32(7,8)9)26-12-10-11-13-29(26)36-33;/h10-13,20-25,27-28,30-31,34-35H,14-19H2,1-9H3;1H/t22?,23?,24?,25?,27?,28?,30-,31+,33?;/m0./s1. The number of nitrogens with one attached hydrogen (secondary N) is 1. The Kier molecular flexibility index (Phi) is 9.78. The number of halogens is 1. The minimum atomic E-state index is -0.584. The third kappa shape index (κ3) is 6.04. The van der Waals surface area contributed by atoms with Gasteiger partial charge in [-0.15, -0.1) is 12.4 Å². The Morgan fingerprint density at radius 2 is 1.35 bits per heavy atom. The van der Waals surface area contributed by atoms with Crippen LogP contribution < -0.4 is 10.1 Å². The molecule has 1 heterocycles. The van der Waals surface area contributed by atoms with E-state index in [1.165, 1.54) is 25.7 Å². The number of fused-ring (bicyclic) bond motifs is 1. The second-order valence-corrected chi connectivity index (χ2v) is 14.7. The van der Waals surface area contributed by atoms with Crippen molar-refractivity contribution < 1.29 is 9.84 Å². The number of benzene rings is 1. The fourth-order valence-electron chi connectivity index (χ4n) is 8.44. The number of para-hydroxylation sites is 1. The molecule has 0 amide bonds. The normalized spacial score (nSPS) is 38.6. The molecule has 4 rings (SSSR count). The molecule has 0 radical (unpaired) electrons. The third-order valence-corrected chi connectivity index (χ3v) is 10.1. The average Bonchev–Trinajstić information content (AvgIpc) is 2.79. The summed E-state index contributed by atoms with van der Waals surface area (Å²) < 4.78 is 7.42. The van der Waals surface area contributed by atoms with E-state index in [4.69, 9.17) is 4.74 Å². The molecule has 1 aromatic rings. The van der Waals surface area contributed by atoms with Gasteiger partial charge in [-0.3, -0.25) is 0 Å². The quantitative estimate of drug-likeness (QED) is 0.399. The Morgan fingerprint density at radius 3 is 1.81 bits per heavy atom. The molecule has 2 saturated carbocycles. The van der Waals surface area contributed by atoms with Crippen LogP contribution in [0.5, 0.6) is 5.75 Å². The number of hydrogen-bond acceptors (Lipinski definition) is 3. The first-order chi connectivity index (χ1) is 16.8. The lowest BCUT2D eigenvalue weighted by atomic mass is 9.52. The van der Waals surface area contributed by atoms with Crippen molar-refractivity contribution in [3.63, 3.8) is 0 Å². The van der Waals surface area contributed by atoms with Crippen LogP contribution >= 0.6 is 12.4 Å². The van der Waals surface area contributed by atoms with Gasteiger partial charge in [0, 0.05) is 22.9 Å². The Morgan fingerprint density at radius 1 is 0.865 bits per heavy atom. The smallest absolute Gasteiger partial charge is 0.143 e. The van der Waals surface area contributed by atoms with Crippen molar-refractivity contribution >= 4 is 12.4 Å². The first kappa shape index (κ1) is 30.8. The van der Waals surface area contributed by atoms with Gasteiger partial charge in [-0.1, -0.05) is 72.6 Å². The molecule has 8 atom stereocenters. The Labute approximate surface area is 234 Å². The summed E-state index contributed by atoms with van der Waals surface area (Å²) in [5, 5.41) is 16.7. The first-order valence-electron chi connectivity index (χ1n) is 15.1. The molecular formula is C33H56ClNO2. The topological polar surface area (TPSA) is 41.5 Å². The van der Waals surface area contributed by atoms with Crippen molar-refractivity contribution in [1.82, 2.24) is 5.32 Å². The molecule has 6 unspecified atom stereocenters. The van der Waals surface area contributed by atoms with Crippen molar-refractivity contribution in [2.75, 3.05) is 0 Å². The van der Waals surface area contributed by atoms with Crippen molar-refractivity contribution in [3.8, 4) is 5.75 Å². The van der Waals surface area contributed by atoms with E-state index < -0.39 is 11.7 Å². The van der Waals surface area contributed by atoms with Crippen LogP contribution in [0.4, 0.5) is 0 Å². The molecule has 37 heavy (non-hydrogen) atoms. The lowest BCUT2D eigenvalue weighted by molar-refractivity contribution is -0.204. The number of rotatable bonds is 5. The monoisotopic (exact) mass is 533 g/mol. The highest BCUT2D eigenvalue weighted by atomic mass is 35.5. The molecule has 1 aliphatic heterocycles. The summed E-state index contributed by atoms with van der Waals surface area (Å²) >= 11 is 0. The maximum absolute atomic E-state index is 12.8. The number of aliphatic hydroxyl groups is 1. The highest BCUT2D eigenvalue weighted by Gasteiger charge is 2.63. The number of hydrogen-bond donors (Lipinski definition) is 2. The van der Waals surface area contributed by atoms with Gasteiger partial charge in [-0.05, 0) is 88.0 Å². The summed E-state index contributed by atoms with van der Waals surface area (Å²) in [6.45, 7) is 21.1. The van der Waals surface area contributed by atoms with E-state index >= 15 is 0 Å². The second-order valence-electron chi connectivity index (χ2n) is 14.7. The lowest BCUT2D eigenvalue weighted by Gasteiger charge is -2.61. The van der Waals surface area contributed by atoms with Crippen LogP contribution in [0.15, 0.2) is 24.3 Å². The van der Waals surface area contributed by atoms with E-state index in [0.29, 0.717) is 47.3 Å².